The van der Waals surface area contributed by atoms with E-state index in [2.05, 4.69) is 61.6 Å². The Balaban J connectivity index is 1.93. The van der Waals surface area contributed by atoms with Crippen molar-refractivity contribution in [3.05, 3.63) is 48.0 Å². The molecule has 0 heterocycles. The highest BCUT2D eigenvalue weighted by Gasteiger charge is 2.16. The minimum atomic E-state index is -0.000475. The highest BCUT2D eigenvalue weighted by atomic mass is 16.1. The largest absolute Gasteiger partial charge is 0.356 e. The molecule has 0 bridgehead atoms. The van der Waals surface area contributed by atoms with Gasteiger partial charge in [-0.25, -0.2) is 0 Å². The molecule has 1 N–H and O–H groups in total. The number of unbranched alkanes of at least 4 members (excludes halogenated alkanes) is 1. The van der Waals surface area contributed by atoms with E-state index < -0.39 is 0 Å². The lowest BCUT2D eigenvalue weighted by atomic mass is 9.95. The highest BCUT2D eigenvalue weighted by Crippen LogP contribution is 2.21. The predicted molar refractivity (Wildman–Crippen MR) is 103 cm³/mol. The van der Waals surface area contributed by atoms with Crippen molar-refractivity contribution in [3.8, 4) is 0 Å². The van der Waals surface area contributed by atoms with E-state index in [0.717, 1.165) is 19.4 Å². The van der Waals surface area contributed by atoms with Crippen LogP contribution in [0.4, 0.5) is 0 Å². The normalized spacial score (nSPS) is 13.6. The lowest BCUT2D eigenvalue weighted by Crippen LogP contribution is -2.34. The molecule has 0 aliphatic heterocycles. The molecule has 0 saturated heterocycles. The van der Waals surface area contributed by atoms with Gasteiger partial charge in [-0.3, -0.25) is 4.79 Å². The SMILES string of the molecule is CCCC[C@@H](CC)CNC(=O)[C@H](C)Cc1cccc2ccccc12. The molecule has 1 amide bonds. The zero-order chi connectivity index (χ0) is 17.4. The molecule has 0 aliphatic carbocycles. The maximum Gasteiger partial charge on any atom is 0.223 e. The van der Waals surface area contributed by atoms with Gasteiger partial charge in [-0.1, -0.05) is 82.5 Å². The van der Waals surface area contributed by atoms with Crippen LogP contribution in [0.1, 0.15) is 52.0 Å². The number of rotatable bonds is 9. The fourth-order valence-corrected chi connectivity index (χ4v) is 3.26. The second-order valence-electron chi connectivity index (χ2n) is 6.91. The smallest absolute Gasteiger partial charge is 0.223 e. The summed E-state index contributed by atoms with van der Waals surface area (Å²) in [6, 6.07) is 14.8. The van der Waals surface area contributed by atoms with Gasteiger partial charge in [0.2, 0.25) is 5.91 Å². The molecule has 2 aromatic carbocycles. The lowest BCUT2D eigenvalue weighted by Gasteiger charge is -2.18. The minimum Gasteiger partial charge on any atom is -0.356 e. The molecular formula is C22H31NO. The van der Waals surface area contributed by atoms with Crippen LogP contribution in [0.2, 0.25) is 0 Å². The van der Waals surface area contributed by atoms with E-state index in [1.165, 1.54) is 35.6 Å². The quantitative estimate of drug-likeness (QED) is 0.661. The molecule has 0 fully saturated rings. The molecule has 0 saturated carbocycles. The van der Waals surface area contributed by atoms with Gasteiger partial charge in [-0.05, 0) is 35.1 Å². The zero-order valence-corrected chi connectivity index (χ0v) is 15.3. The van der Waals surface area contributed by atoms with Crippen LogP contribution in [0.25, 0.3) is 10.8 Å². The van der Waals surface area contributed by atoms with Crippen molar-refractivity contribution in [2.45, 2.75) is 52.9 Å². The van der Waals surface area contributed by atoms with Crippen molar-refractivity contribution in [2.24, 2.45) is 11.8 Å². The van der Waals surface area contributed by atoms with Gasteiger partial charge in [-0.2, -0.15) is 0 Å². The van der Waals surface area contributed by atoms with E-state index in [9.17, 15) is 4.79 Å². The van der Waals surface area contributed by atoms with Gasteiger partial charge in [0, 0.05) is 12.5 Å². The Kier molecular flexibility index (Phi) is 7.30. The van der Waals surface area contributed by atoms with Gasteiger partial charge >= 0.3 is 0 Å². The summed E-state index contributed by atoms with van der Waals surface area (Å²) in [5, 5.41) is 5.67. The average molecular weight is 325 g/mol. The van der Waals surface area contributed by atoms with Crippen molar-refractivity contribution < 1.29 is 4.79 Å². The van der Waals surface area contributed by atoms with Gasteiger partial charge < -0.3 is 5.32 Å². The van der Waals surface area contributed by atoms with E-state index in [1.807, 2.05) is 6.92 Å². The van der Waals surface area contributed by atoms with Crippen molar-refractivity contribution >= 4 is 16.7 Å². The first kappa shape index (κ1) is 18.5. The number of fused-ring (bicyclic) bond motifs is 1. The molecule has 2 heteroatoms. The molecule has 0 unspecified atom stereocenters. The number of carbonyl (C=O) groups excluding carboxylic acids is 1. The lowest BCUT2D eigenvalue weighted by molar-refractivity contribution is -0.124. The number of nitrogens with one attached hydrogen (secondary N) is 1. The van der Waals surface area contributed by atoms with Gasteiger partial charge in [0.05, 0.1) is 0 Å². The average Bonchev–Trinajstić information content (AvgIpc) is 2.62. The molecule has 0 aromatic heterocycles. The zero-order valence-electron chi connectivity index (χ0n) is 15.3. The van der Waals surface area contributed by atoms with Crippen LogP contribution in [0.3, 0.4) is 0 Å². The van der Waals surface area contributed by atoms with Crippen LogP contribution in [0, 0.1) is 11.8 Å². The van der Waals surface area contributed by atoms with E-state index in [0.29, 0.717) is 5.92 Å². The molecule has 2 atom stereocenters. The number of hydrogen-bond donors (Lipinski definition) is 1. The number of hydrogen-bond acceptors (Lipinski definition) is 1. The Morgan fingerprint density at radius 2 is 1.83 bits per heavy atom. The van der Waals surface area contributed by atoms with E-state index in [1.54, 1.807) is 0 Å². The van der Waals surface area contributed by atoms with Crippen molar-refractivity contribution in [3.63, 3.8) is 0 Å². The first-order chi connectivity index (χ1) is 11.7. The summed E-state index contributed by atoms with van der Waals surface area (Å²) in [6.45, 7) is 7.28. The van der Waals surface area contributed by atoms with Crippen molar-refractivity contribution in [1.29, 1.82) is 0 Å². The molecule has 2 aromatic rings. The maximum absolute atomic E-state index is 12.5. The topological polar surface area (TPSA) is 29.1 Å². The van der Waals surface area contributed by atoms with Gasteiger partial charge in [0.1, 0.15) is 0 Å². The Morgan fingerprint density at radius 3 is 2.58 bits per heavy atom. The third kappa shape index (κ3) is 5.09. The molecular weight excluding hydrogens is 294 g/mol. The third-order valence-electron chi connectivity index (χ3n) is 4.96. The van der Waals surface area contributed by atoms with E-state index >= 15 is 0 Å². The second-order valence-corrected chi connectivity index (χ2v) is 6.91. The summed E-state index contributed by atoms with van der Waals surface area (Å²) < 4.78 is 0. The van der Waals surface area contributed by atoms with Crippen LogP contribution in [-0.2, 0) is 11.2 Å². The molecule has 130 valence electrons. The highest BCUT2D eigenvalue weighted by molar-refractivity contribution is 5.86. The number of benzene rings is 2. The third-order valence-corrected chi connectivity index (χ3v) is 4.96. The van der Waals surface area contributed by atoms with Gasteiger partial charge in [0.25, 0.3) is 0 Å². The fraction of sp³-hybridized carbons (Fsp3) is 0.500. The molecule has 0 spiro atoms. The summed E-state index contributed by atoms with van der Waals surface area (Å²) in [6.07, 6.45) is 5.61. The summed E-state index contributed by atoms with van der Waals surface area (Å²) >= 11 is 0. The summed E-state index contributed by atoms with van der Waals surface area (Å²) in [5.41, 5.74) is 1.26. The molecule has 0 aliphatic rings. The number of amides is 1. The molecule has 0 radical (unpaired) electrons. The van der Waals surface area contributed by atoms with Gasteiger partial charge in [0.15, 0.2) is 0 Å². The first-order valence-electron chi connectivity index (χ1n) is 9.40. The van der Waals surface area contributed by atoms with Crippen molar-refractivity contribution in [2.75, 3.05) is 6.54 Å². The molecule has 24 heavy (non-hydrogen) atoms. The van der Waals surface area contributed by atoms with Crippen LogP contribution in [0.15, 0.2) is 42.5 Å². The van der Waals surface area contributed by atoms with Crippen molar-refractivity contribution in [1.82, 2.24) is 5.32 Å². The molecule has 2 nitrogen and oxygen atoms in total. The Hall–Kier alpha value is -1.83. The molecule has 2 rings (SSSR count). The standard InChI is InChI=1S/C22H31NO/c1-4-6-10-18(5-2)16-23-22(24)17(3)15-20-13-9-12-19-11-7-8-14-21(19)20/h7-9,11-14,17-18H,4-6,10,15-16H2,1-3H3,(H,23,24)/t17-,18-/m1/s1. The maximum atomic E-state index is 12.5. The second kappa shape index (κ2) is 9.46. The van der Waals surface area contributed by atoms with Crippen LogP contribution < -0.4 is 5.32 Å². The van der Waals surface area contributed by atoms with E-state index in [-0.39, 0.29) is 11.8 Å². The number of carbonyl (C=O) groups is 1. The Bertz CT molecular complexity index is 644. The Labute approximate surface area is 146 Å². The first-order valence-corrected chi connectivity index (χ1v) is 9.40. The van der Waals surface area contributed by atoms with Crippen LogP contribution in [-0.4, -0.2) is 12.5 Å². The Morgan fingerprint density at radius 1 is 1.08 bits per heavy atom. The minimum absolute atomic E-state index is 0.000475. The van der Waals surface area contributed by atoms with Crippen LogP contribution in [0.5, 0.6) is 0 Å². The predicted octanol–water partition coefficient (Wildman–Crippen LogP) is 5.35. The summed E-state index contributed by atoms with van der Waals surface area (Å²) in [4.78, 5) is 12.5. The summed E-state index contributed by atoms with van der Waals surface area (Å²) in [7, 11) is 0. The fourth-order valence-electron chi connectivity index (χ4n) is 3.26. The van der Waals surface area contributed by atoms with Crippen LogP contribution >= 0.6 is 0 Å². The van der Waals surface area contributed by atoms with E-state index in [4.69, 9.17) is 0 Å². The summed E-state index contributed by atoms with van der Waals surface area (Å²) in [5.74, 6) is 0.788. The monoisotopic (exact) mass is 325 g/mol. The van der Waals surface area contributed by atoms with Gasteiger partial charge in [-0.15, -0.1) is 0 Å².